The van der Waals surface area contributed by atoms with Gasteiger partial charge < -0.3 is 10.1 Å². The molecule has 0 amide bonds. The van der Waals surface area contributed by atoms with E-state index in [1.807, 2.05) is 19.1 Å². The number of aryl methyl sites for hydroxylation is 1. The van der Waals surface area contributed by atoms with Gasteiger partial charge in [-0.2, -0.15) is 17.7 Å². The zero-order chi connectivity index (χ0) is 15.5. The van der Waals surface area contributed by atoms with Crippen LogP contribution in [0.15, 0.2) is 41.3 Å². The second-order valence-electron chi connectivity index (χ2n) is 4.65. The molecule has 0 aliphatic carbocycles. The molecule has 7 heteroatoms. The van der Waals surface area contributed by atoms with E-state index in [2.05, 4.69) is 11.4 Å². The molecule has 0 fully saturated rings. The minimum Gasteiger partial charge on any atom is -0.516 e. The van der Waals surface area contributed by atoms with Crippen molar-refractivity contribution < 1.29 is 45.9 Å². The van der Waals surface area contributed by atoms with Gasteiger partial charge in [-0.05, 0) is 25.2 Å². The van der Waals surface area contributed by atoms with Crippen LogP contribution < -0.4 is 15.2 Å². The van der Waals surface area contributed by atoms with Crippen molar-refractivity contribution in [3.05, 3.63) is 53.6 Å². The summed E-state index contributed by atoms with van der Waals surface area (Å²) in [4.78, 5) is 0.0653. The van der Waals surface area contributed by atoms with E-state index in [4.69, 9.17) is 9.88 Å². The van der Waals surface area contributed by atoms with Gasteiger partial charge in [0, 0.05) is 50.6 Å². The summed E-state index contributed by atoms with van der Waals surface area (Å²) < 4.78 is 28.6. The van der Waals surface area contributed by atoms with E-state index in [9.17, 15) is 8.42 Å². The molecule has 0 aliphatic rings. The van der Waals surface area contributed by atoms with Gasteiger partial charge in [0.1, 0.15) is 5.75 Å². The number of nitrogens with one attached hydrogen (secondary N) is 1. The maximum absolute atomic E-state index is 11.4. The molecule has 0 saturated heterocycles. The van der Waals surface area contributed by atoms with Crippen LogP contribution in [0, 0.1) is 13.0 Å². The maximum Gasteiger partial charge on any atom is 0.238 e. The number of ether oxygens (including phenoxy) is 1. The molecule has 0 atom stereocenters. The summed E-state index contributed by atoms with van der Waals surface area (Å²) in [5, 5.41) is 8.12. The Morgan fingerprint density at radius 2 is 2.00 bits per heavy atom. The third-order valence-corrected chi connectivity index (χ3v) is 3.81. The fourth-order valence-electron chi connectivity index (χ4n) is 1.84. The molecular weight excluding hydrogens is 377 g/mol. The second kappa shape index (κ2) is 8.17. The third-order valence-electron chi connectivity index (χ3n) is 2.90. The number of nitrogens with two attached hydrogens (primary N) is 1. The summed E-state index contributed by atoms with van der Waals surface area (Å²) in [5.41, 5.74) is 1.73. The van der Waals surface area contributed by atoms with Crippen LogP contribution in [0.1, 0.15) is 11.1 Å². The molecule has 0 saturated carbocycles. The van der Waals surface area contributed by atoms with Crippen LogP contribution in [-0.2, 0) is 49.3 Å². The van der Waals surface area contributed by atoms with Crippen molar-refractivity contribution in [2.24, 2.45) is 5.14 Å². The first-order valence-corrected chi connectivity index (χ1v) is 7.91. The SMILES string of the molecule is CNCc1cc(S(N)(=O)=O)ccc1Oc1c[c-]c(C)cc1.[Y]. The van der Waals surface area contributed by atoms with E-state index in [1.54, 1.807) is 19.2 Å². The number of sulfonamides is 1. The molecule has 2 aromatic rings. The zero-order valence-electron chi connectivity index (χ0n) is 12.5. The van der Waals surface area contributed by atoms with E-state index < -0.39 is 10.0 Å². The van der Waals surface area contributed by atoms with Crippen LogP contribution in [0.25, 0.3) is 0 Å². The minimum atomic E-state index is -3.73. The van der Waals surface area contributed by atoms with E-state index >= 15 is 0 Å². The Morgan fingerprint density at radius 1 is 1.27 bits per heavy atom. The van der Waals surface area contributed by atoms with Gasteiger partial charge >= 0.3 is 0 Å². The van der Waals surface area contributed by atoms with Gasteiger partial charge in [0.2, 0.25) is 10.0 Å². The fourth-order valence-corrected chi connectivity index (χ4v) is 2.40. The molecule has 0 unspecified atom stereocenters. The number of hydrogen-bond acceptors (Lipinski definition) is 4. The quantitative estimate of drug-likeness (QED) is 0.760. The third kappa shape index (κ3) is 5.14. The maximum atomic E-state index is 11.4. The summed E-state index contributed by atoms with van der Waals surface area (Å²) in [6.07, 6.45) is 0. The van der Waals surface area contributed by atoms with Crippen molar-refractivity contribution in [2.75, 3.05) is 7.05 Å². The smallest absolute Gasteiger partial charge is 0.238 e. The van der Waals surface area contributed by atoms with Gasteiger partial charge in [0.25, 0.3) is 0 Å². The topological polar surface area (TPSA) is 81.4 Å². The summed E-state index contributed by atoms with van der Waals surface area (Å²) in [6, 6.07) is 13.1. The Labute approximate surface area is 156 Å². The molecule has 22 heavy (non-hydrogen) atoms. The largest absolute Gasteiger partial charge is 0.516 e. The van der Waals surface area contributed by atoms with Gasteiger partial charge in [-0.3, -0.25) is 0 Å². The summed E-state index contributed by atoms with van der Waals surface area (Å²) in [6.45, 7) is 2.41. The average Bonchev–Trinajstić information content (AvgIpc) is 2.42. The molecule has 0 spiro atoms. The Kier molecular flexibility index (Phi) is 7.16. The van der Waals surface area contributed by atoms with Crippen LogP contribution in [0.3, 0.4) is 0 Å². The van der Waals surface area contributed by atoms with Crippen LogP contribution >= 0.6 is 0 Å². The van der Waals surface area contributed by atoms with Crippen LogP contribution in [0.5, 0.6) is 11.5 Å². The first kappa shape index (κ1) is 19.3. The van der Waals surface area contributed by atoms with E-state index in [0.29, 0.717) is 23.6 Å². The molecule has 0 aliphatic heterocycles. The van der Waals surface area contributed by atoms with Gasteiger partial charge in [0.05, 0.1) is 4.90 Å². The standard InChI is InChI=1S/C15H17N2O3S.Y/c1-11-3-5-13(6-4-11)20-15-8-7-14(21(16,18)19)9-12(15)10-17-2;/h3,5-9,17H,10H2,1-2H3,(H2,16,18,19);/q-1;. The molecule has 0 heterocycles. The predicted molar refractivity (Wildman–Crippen MR) is 80.7 cm³/mol. The molecule has 5 nitrogen and oxygen atoms in total. The number of rotatable bonds is 5. The molecule has 0 aromatic heterocycles. The molecule has 3 N–H and O–H groups in total. The molecule has 1 radical (unpaired) electrons. The summed E-state index contributed by atoms with van der Waals surface area (Å²) >= 11 is 0. The molecule has 115 valence electrons. The van der Waals surface area contributed by atoms with Crippen molar-refractivity contribution in [3.8, 4) is 11.5 Å². The number of hydrogen-bond donors (Lipinski definition) is 2. The van der Waals surface area contributed by atoms with Crippen LogP contribution in [0.2, 0.25) is 0 Å². The van der Waals surface area contributed by atoms with Crippen molar-refractivity contribution in [2.45, 2.75) is 18.4 Å². The van der Waals surface area contributed by atoms with E-state index in [0.717, 1.165) is 5.56 Å². The van der Waals surface area contributed by atoms with Crippen molar-refractivity contribution in [1.29, 1.82) is 0 Å². The molecule has 2 rings (SSSR count). The second-order valence-corrected chi connectivity index (χ2v) is 6.22. The molecule has 2 aromatic carbocycles. The van der Waals surface area contributed by atoms with E-state index in [1.165, 1.54) is 12.1 Å². The minimum absolute atomic E-state index is 0. The Hall–Kier alpha value is -0.786. The van der Waals surface area contributed by atoms with Gasteiger partial charge in [-0.15, -0.1) is 12.1 Å². The van der Waals surface area contributed by atoms with Crippen molar-refractivity contribution >= 4 is 10.0 Å². The molecular formula is C15H17N2O3SY-. The first-order valence-electron chi connectivity index (χ1n) is 6.36. The Bertz CT molecular complexity index is 731. The first-order chi connectivity index (χ1) is 9.90. The Balaban J connectivity index is 0.00000242. The van der Waals surface area contributed by atoms with Crippen molar-refractivity contribution in [3.63, 3.8) is 0 Å². The van der Waals surface area contributed by atoms with Crippen molar-refractivity contribution in [1.82, 2.24) is 5.32 Å². The number of primary sulfonamides is 1. The fraction of sp³-hybridized carbons (Fsp3) is 0.200. The van der Waals surface area contributed by atoms with Crippen LogP contribution in [0.4, 0.5) is 0 Å². The normalized spacial score (nSPS) is 10.9. The van der Waals surface area contributed by atoms with Gasteiger partial charge in [0.15, 0.2) is 0 Å². The van der Waals surface area contributed by atoms with Crippen LogP contribution in [-0.4, -0.2) is 15.5 Å². The summed E-state index contributed by atoms with van der Waals surface area (Å²) in [5.74, 6) is 1.22. The summed E-state index contributed by atoms with van der Waals surface area (Å²) in [7, 11) is -1.96. The molecule has 0 bridgehead atoms. The zero-order valence-corrected chi connectivity index (χ0v) is 16.1. The average molecular weight is 394 g/mol. The van der Waals surface area contributed by atoms with E-state index in [-0.39, 0.29) is 37.6 Å². The van der Waals surface area contributed by atoms with Gasteiger partial charge in [-0.1, -0.05) is 6.92 Å². The Morgan fingerprint density at radius 3 is 2.55 bits per heavy atom. The predicted octanol–water partition coefficient (Wildman–Crippen LogP) is 1.95. The number of benzene rings is 2. The van der Waals surface area contributed by atoms with Gasteiger partial charge in [-0.25, -0.2) is 13.6 Å². The monoisotopic (exact) mass is 394 g/mol.